The maximum Gasteiger partial charge on any atom is 0.337 e. The summed E-state index contributed by atoms with van der Waals surface area (Å²) in [6.07, 6.45) is 4.11. The van der Waals surface area contributed by atoms with Gasteiger partial charge in [0.15, 0.2) is 0 Å². The van der Waals surface area contributed by atoms with Crippen molar-refractivity contribution in [3.8, 4) is 11.5 Å². The van der Waals surface area contributed by atoms with Gasteiger partial charge in [0.1, 0.15) is 17.6 Å². The molecular weight excluding hydrogens is 370 g/mol. The molecule has 1 amide bonds. The van der Waals surface area contributed by atoms with Crippen LogP contribution >= 0.6 is 0 Å². The third kappa shape index (κ3) is 4.77. The van der Waals surface area contributed by atoms with Crippen molar-refractivity contribution in [1.29, 1.82) is 0 Å². The highest BCUT2D eigenvalue weighted by Crippen LogP contribution is 2.35. The standard InChI is InChI=1S/C23H25NO5/c1-5-28-20-13-18-10-15(3)29-21(18)12-16(20)8-9-22(25)24-19-11-17(23(26)27-4)7-6-14(19)2/h6-9,11-13,15H,5,10H2,1-4H3,(H,24,25)/b9-8+/t15-/m1/s1. The van der Waals surface area contributed by atoms with Crippen molar-refractivity contribution in [2.75, 3.05) is 19.0 Å². The first-order valence-electron chi connectivity index (χ1n) is 9.55. The second-order valence-electron chi connectivity index (χ2n) is 6.91. The van der Waals surface area contributed by atoms with E-state index in [1.165, 1.54) is 13.2 Å². The lowest BCUT2D eigenvalue weighted by Crippen LogP contribution is -2.10. The number of nitrogens with one attached hydrogen (secondary N) is 1. The first-order valence-corrected chi connectivity index (χ1v) is 9.55. The van der Waals surface area contributed by atoms with E-state index < -0.39 is 5.97 Å². The first-order chi connectivity index (χ1) is 13.9. The topological polar surface area (TPSA) is 73.9 Å². The highest BCUT2D eigenvalue weighted by molar-refractivity contribution is 6.03. The Labute approximate surface area is 170 Å². The second kappa shape index (κ2) is 8.82. The largest absolute Gasteiger partial charge is 0.493 e. The maximum absolute atomic E-state index is 12.5. The summed E-state index contributed by atoms with van der Waals surface area (Å²) in [6, 6.07) is 8.90. The van der Waals surface area contributed by atoms with Gasteiger partial charge in [-0.2, -0.15) is 0 Å². The Bertz CT molecular complexity index is 964. The molecule has 1 atom stereocenters. The molecule has 3 rings (SSSR count). The summed E-state index contributed by atoms with van der Waals surface area (Å²) in [5, 5.41) is 2.81. The Kier molecular flexibility index (Phi) is 6.22. The number of hydrogen-bond donors (Lipinski definition) is 1. The predicted octanol–water partition coefficient (Wildman–Crippen LogP) is 4.16. The smallest absolute Gasteiger partial charge is 0.337 e. The Morgan fingerprint density at radius 3 is 2.79 bits per heavy atom. The van der Waals surface area contributed by atoms with Gasteiger partial charge in [0, 0.05) is 29.3 Å². The molecule has 0 bridgehead atoms. The lowest BCUT2D eigenvalue weighted by molar-refractivity contribution is -0.111. The number of benzene rings is 2. The van der Waals surface area contributed by atoms with Gasteiger partial charge in [-0.1, -0.05) is 6.07 Å². The van der Waals surface area contributed by atoms with E-state index in [9.17, 15) is 9.59 Å². The molecule has 0 saturated heterocycles. The fraction of sp³-hybridized carbons (Fsp3) is 0.304. The van der Waals surface area contributed by atoms with Gasteiger partial charge in [-0.05, 0) is 56.7 Å². The number of aryl methyl sites for hydroxylation is 1. The highest BCUT2D eigenvalue weighted by atomic mass is 16.5. The van der Waals surface area contributed by atoms with Gasteiger partial charge in [-0.3, -0.25) is 4.79 Å². The Hall–Kier alpha value is -3.28. The average Bonchev–Trinajstić information content (AvgIpc) is 3.06. The number of fused-ring (bicyclic) bond motifs is 1. The number of esters is 1. The number of amides is 1. The normalized spacial score (nSPS) is 15.0. The molecule has 6 heteroatoms. The molecule has 29 heavy (non-hydrogen) atoms. The molecule has 1 aliphatic heterocycles. The molecule has 0 fully saturated rings. The van der Waals surface area contributed by atoms with Crippen LogP contribution in [0.15, 0.2) is 36.4 Å². The fourth-order valence-corrected chi connectivity index (χ4v) is 3.21. The molecule has 0 unspecified atom stereocenters. The zero-order valence-electron chi connectivity index (χ0n) is 17.1. The van der Waals surface area contributed by atoms with E-state index in [4.69, 9.17) is 14.2 Å². The Morgan fingerprint density at radius 1 is 1.28 bits per heavy atom. The summed E-state index contributed by atoms with van der Waals surface area (Å²) < 4.78 is 16.3. The molecule has 0 aliphatic carbocycles. The van der Waals surface area contributed by atoms with Gasteiger partial charge in [-0.25, -0.2) is 4.79 Å². The van der Waals surface area contributed by atoms with Gasteiger partial charge in [-0.15, -0.1) is 0 Å². The van der Waals surface area contributed by atoms with Crippen molar-refractivity contribution in [3.05, 3.63) is 58.7 Å². The summed E-state index contributed by atoms with van der Waals surface area (Å²) in [7, 11) is 1.32. The van der Waals surface area contributed by atoms with Gasteiger partial charge in [0.05, 0.1) is 19.3 Å². The van der Waals surface area contributed by atoms with Gasteiger partial charge in [0.2, 0.25) is 5.91 Å². The lowest BCUT2D eigenvalue weighted by Gasteiger charge is -2.10. The molecule has 152 valence electrons. The number of ether oxygens (including phenoxy) is 3. The van der Waals surface area contributed by atoms with E-state index in [1.807, 2.05) is 32.9 Å². The van der Waals surface area contributed by atoms with E-state index in [-0.39, 0.29) is 12.0 Å². The third-order valence-corrected chi connectivity index (χ3v) is 4.66. The van der Waals surface area contributed by atoms with Gasteiger partial charge < -0.3 is 19.5 Å². The quantitative estimate of drug-likeness (QED) is 0.587. The van der Waals surface area contributed by atoms with E-state index in [0.29, 0.717) is 17.9 Å². The van der Waals surface area contributed by atoms with E-state index in [0.717, 1.165) is 34.6 Å². The molecule has 1 aliphatic rings. The molecule has 6 nitrogen and oxygen atoms in total. The van der Waals surface area contributed by atoms with Crippen LogP contribution in [0.4, 0.5) is 5.69 Å². The van der Waals surface area contributed by atoms with Crippen LogP contribution in [-0.2, 0) is 16.0 Å². The summed E-state index contributed by atoms with van der Waals surface area (Å²) in [5.41, 5.74) is 3.65. The van der Waals surface area contributed by atoms with E-state index in [2.05, 4.69) is 5.32 Å². The zero-order chi connectivity index (χ0) is 21.0. The number of carbonyl (C=O) groups is 2. The number of carbonyl (C=O) groups excluding carboxylic acids is 2. The summed E-state index contributed by atoms with van der Waals surface area (Å²) in [5.74, 6) is 0.775. The van der Waals surface area contributed by atoms with Crippen LogP contribution < -0.4 is 14.8 Å². The van der Waals surface area contributed by atoms with Crippen LogP contribution in [0.25, 0.3) is 6.08 Å². The monoisotopic (exact) mass is 395 g/mol. The van der Waals surface area contributed by atoms with Crippen molar-refractivity contribution in [3.63, 3.8) is 0 Å². The minimum atomic E-state index is -0.454. The molecule has 2 aromatic carbocycles. The minimum absolute atomic E-state index is 0.132. The number of rotatable bonds is 6. The van der Waals surface area contributed by atoms with Gasteiger partial charge >= 0.3 is 5.97 Å². The lowest BCUT2D eigenvalue weighted by atomic mass is 10.1. The van der Waals surface area contributed by atoms with Crippen LogP contribution in [0.1, 0.15) is 40.9 Å². The SMILES string of the molecule is CCOc1cc2c(cc1/C=C/C(=O)Nc1cc(C(=O)OC)ccc1C)O[C@H](C)C2. The summed E-state index contributed by atoms with van der Waals surface area (Å²) in [4.78, 5) is 24.2. The fourth-order valence-electron chi connectivity index (χ4n) is 3.21. The average molecular weight is 395 g/mol. The molecule has 1 heterocycles. The molecule has 1 N–H and O–H groups in total. The van der Waals surface area contributed by atoms with Crippen LogP contribution in [0.5, 0.6) is 11.5 Å². The zero-order valence-corrected chi connectivity index (χ0v) is 17.1. The van der Waals surface area contributed by atoms with Crippen LogP contribution in [0, 0.1) is 6.92 Å². The molecule has 0 radical (unpaired) electrons. The Balaban J connectivity index is 1.79. The number of hydrogen-bond acceptors (Lipinski definition) is 5. The summed E-state index contributed by atoms with van der Waals surface area (Å²) in [6.45, 7) is 6.33. The predicted molar refractivity (Wildman–Crippen MR) is 112 cm³/mol. The molecule has 0 aromatic heterocycles. The molecule has 2 aromatic rings. The molecule has 0 saturated carbocycles. The van der Waals surface area contributed by atoms with Crippen molar-refractivity contribution < 1.29 is 23.8 Å². The highest BCUT2D eigenvalue weighted by Gasteiger charge is 2.21. The maximum atomic E-state index is 12.5. The number of anilines is 1. The van der Waals surface area contributed by atoms with Crippen molar-refractivity contribution in [1.82, 2.24) is 0 Å². The second-order valence-corrected chi connectivity index (χ2v) is 6.91. The summed E-state index contributed by atoms with van der Waals surface area (Å²) >= 11 is 0. The van der Waals surface area contributed by atoms with Crippen LogP contribution in [0.2, 0.25) is 0 Å². The number of methoxy groups -OCH3 is 1. The Morgan fingerprint density at radius 2 is 2.07 bits per heavy atom. The third-order valence-electron chi connectivity index (χ3n) is 4.66. The van der Waals surface area contributed by atoms with Crippen molar-refractivity contribution in [2.45, 2.75) is 33.3 Å². The van der Waals surface area contributed by atoms with E-state index >= 15 is 0 Å². The first kappa shape index (κ1) is 20.5. The minimum Gasteiger partial charge on any atom is -0.493 e. The van der Waals surface area contributed by atoms with Crippen molar-refractivity contribution >= 4 is 23.6 Å². The van der Waals surface area contributed by atoms with Crippen LogP contribution in [0.3, 0.4) is 0 Å². The van der Waals surface area contributed by atoms with Crippen LogP contribution in [-0.4, -0.2) is 31.7 Å². The molecular formula is C23H25NO5. The van der Waals surface area contributed by atoms with E-state index in [1.54, 1.807) is 24.3 Å². The van der Waals surface area contributed by atoms with Gasteiger partial charge in [0.25, 0.3) is 0 Å². The molecule has 0 spiro atoms. The van der Waals surface area contributed by atoms with Crippen molar-refractivity contribution in [2.24, 2.45) is 0 Å².